The van der Waals surface area contributed by atoms with Crippen LogP contribution in [0.4, 0.5) is 0 Å². The van der Waals surface area contributed by atoms with E-state index in [9.17, 15) is 0 Å². The Morgan fingerprint density at radius 2 is 1.85 bits per heavy atom. The van der Waals surface area contributed by atoms with Crippen molar-refractivity contribution in [1.82, 2.24) is 5.32 Å². The Morgan fingerprint density at radius 3 is 2.41 bits per heavy atom. The van der Waals surface area contributed by atoms with Gasteiger partial charge in [0.2, 0.25) is 0 Å². The van der Waals surface area contributed by atoms with E-state index < -0.39 is 0 Å². The van der Waals surface area contributed by atoms with E-state index in [1.54, 1.807) is 0 Å². The number of aliphatic hydroxyl groups is 1. The number of rotatable bonds is 11. The molecule has 2 aromatic rings. The van der Waals surface area contributed by atoms with Crippen molar-refractivity contribution in [2.45, 2.75) is 71.9 Å². The Morgan fingerprint density at radius 1 is 1.09 bits per heavy atom. The molecule has 1 fully saturated rings. The molecule has 0 heterocycles. The van der Waals surface area contributed by atoms with E-state index in [2.05, 4.69) is 62.5 Å². The summed E-state index contributed by atoms with van der Waals surface area (Å²) in [5.74, 6) is 0. The number of benzene rings is 2. The second-order valence-electron chi connectivity index (χ2n) is 8.93. The lowest BCUT2D eigenvalue weighted by molar-refractivity contribution is 0.282. The van der Waals surface area contributed by atoms with E-state index in [4.69, 9.17) is 10.8 Å². The second kappa shape index (κ2) is 16.2. The third kappa shape index (κ3) is 9.42. The smallest absolute Gasteiger partial charge is 0.0681 e. The monoisotopic (exact) mass is 460 g/mol. The van der Waals surface area contributed by atoms with Crippen molar-refractivity contribution < 1.29 is 5.11 Å². The van der Waals surface area contributed by atoms with Crippen molar-refractivity contribution >= 4 is 0 Å². The lowest BCUT2D eigenvalue weighted by Gasteiger charge is -2.27. The number of hydrogen-bond donors (Lipinski definition) is 3. The molecule has 2 aromatic carbocycles. The number of nitrogens with one attached hydrogen (secondary N) is 1. The predicted octanol–water partition coefficient (Wildman–Crippen LogP) is 6.86. The maximum absolute atomic E-state index is 9.02. The largest absolute Gasteiger partial charge is 0.392 e. The average molecular weight is 461 g/mol. The Bertz CT molecular complexity index is 924. The van der Waals surface area contributed by atoms with Crippen LogP contribution in [0, 0.1) is 6.92 Å². The predicted molar refractivity (Wildman–Crippen MR) is 148 cm³/mol. The third-order valence-electron chi connectivity index (χ3n) is 6.20. The van der Waals surface area contributed by atoms with Gasteiger partial charge >= 0.3 is 0 Å². The van der Waals surface area contributed by atoms with Crippen LogP contribution < -0.4 is 11.1 Å². The first-order valence-electron chi connectivity index (χ1n) is 12.9. The van der Waals surface area contributed by atoms with Crippen molar-refractivity contribution in [2.24, 2.45) is 5.73 Å². The Hall–Kier alpha value is -2.46. The van der Waals surface area contributed by atoms with Crippen LogP contribution in [0.15, 0.2) is 84.0 Å². The molecule has 0 saturated heterocycles. The van der Waals surface area contributed by atoms with Crippen molar-refractivity contribution in [3.05, 3.63) is 95.1 Å². The maximum atomic E-state index is 9.02. The fourth-order valence-electron chi connectivity index (χ4n) is 4.08. The number of aliphatic hydroxyl groups excluding tert-OH is 1. The normalized spacial score (nSPS) is 14.6. The molecular weight excluding hydrogens is 416 g/mol. The van der Waals surface area contributed by atoms with Crippen LogP contribution in [0.2, 0.25) is 0 Å². The fourth-order valence-corrected chi connectivity index (χ4v) is 4.08. The van der Waals surface area contributed by atoms with Crippen LogP contribution in [-0.2, 0) is 6.61 Å². The minimum absolute atomic E-state index is 0.107. The molecule has 0 aromatic heterocycles. The number of aryl methyl sites for hydroxylation is 1. The zero-order valence-electron chi connectivity index (χ0n) is 21.4. The summed E-state index contributed by atoms with van der Waals surface area (Å²) in [4.78, 5) is 0. The van der Waals surface area contributed by atoms with E-state index in [0.717, 1.165) is 24.6 Å². The summed E-state index contributed by atoms with van der Waals surface area (Å²) in [5, 5.41) is 12.7. The summed E-state index contributed by atoms with van der Waals surface area (Å²) in [6.07, 6.45) is 16.3. The Labute approximate surface area is 207 Å². The number of allylic oxidation sites excluding steroid dienone is 3. The van der Waals surface area contributed by atoms with Crippen LogP contribution in [0.5, 0.6) is 0 Å². The topological polar surface area (TPSA) is 58.3 Å². The minimum Gasteiger partial charge on any atom is -0.392 e. The quantitative estimate of drug-likeness (QED) is 0.321. The lowest BCUT2D eigenvalue weighted by Crippen LogP contribution is -2.36. The summed E-state index contributed by atoms with van der Waals surface area (Å²) >= 11 is 0. The Kier molecular flexibility index (Phi) is 13.2. The average Bonchev–Trinajstić information content (AvgIpc) is 2.83. The van der Waals surface area contributed by atoms with Gasteiger partial charge in [0.05, 0.1) is 6.61 Å². The Balaban J connectivity index is 0.000000246. The SMILES string of the molecule is CC\C=C(CCC)/C(=C\C=C\CN)CNC1CCC1.Cc1cc(CO)ccc1-c1ccccc1. The molecule has 1 saturated carbocycles. The first-order chi connectivity index (χ1) is 16.6. The van der Waals surface area contributed by atoms with Crippen molar-refractivity contribution in [2.75, 3.05) is 13.1 Å². The highest BCUT2D eigenvalue weighted by Gasteiger charge is 2.17. The molecule has 0 radical (unpaired) electrons. The molecule has 184 valence electrons. The zero-order chi connectivity index (χ0) is 24.6. The van der Waals surface area contributed by atoms with Crippen LogP contribution in [-0.4, -0.2) is 24.2 Å². The maximum Gasteiger partial charge on any atom is 0.0681 e. The lowest BCUT2D eigenvalue weighted by atomic mass is 9.92. The van der Waals surface area contributed by atoms with Gasteiger partial charge in [-0.2, -0.15) is 0 Å². The highest BCUT2D eigenvalue weighted by Crippen LogP contribution is 2.24. The molecule has 1 aliphatic carbocycles. The summed E-state index contributed by atoms with van der Waals surface area (Å²) in [7, 11) is 0. The molecular formula is C31H44N2O. The first-order valence-corrected chi connectivity index (χ1v) is 12.9. The second-order valence-corrected chi connectivity index (χ2v) is 8.93. The van der Waals surface area contributed by atoms with Gasteiger partial charge in [-0.05, 0) is 66.0 Å². The molecule has 0 bridgehead atoms. The van der Waals surface area contributed by atoms with Crippen molar-refractivity contribution in [3.63, 3.8) is 0 Å². The number of hydrogen-bond acceptors (Lipinski definition) is 3. The van der Waals surface area contributed by atoms with E-state index in [-0.39, 0.29) is 6.61 Å². The highest BCUT2D eigenvalue weighted by molar-refractivity contribution is 5.67. The molecule has 0 atom stereocenters. The molecule has 4 N–H and O–H groups in total. The van der Waals surface area contributed by atoms with Gasteiger partial charge in [0.1, 0.15) is 0 Å². The summed E-state index contributed by atoms with van der Waals surface area (Å²) in [6.45, 7) is 8.24. The van der Waals surface area contributed by atoms with Crippen LogP contribution in [0.25, 0.3) is 11.1 Å². The van der Waals surface area contributed by atoms with Crippen LogP contribution in [0.3, 0.4) is 0 Å². The highest BCUT2D eigenvalue weighted by atomic mass is 16.3. The summed E-state index contributed by atoms with van der Waals surface area (Å²) in [6, 6.07) is 17.1. The third-order valence-corrected chi connectivity index (χ3v) is 6.20. The van der Waals surface area contributed by atoms with Crippen LogP contribution in [0.1, 0.15) is 63.5 Å². The van der Waals surface area contributed by atoms with Gasteiger partial charge in [0.15, 0.2) is 0 Å². The molecule has 0 aliphatic heterocycles. The van der Waals surface area contributed by atoms with Gasteiger partial charge in [-0.1, -0.05) is 99.5 Å². The summed E-state index contributed by atoms with van der Waals surface area (Å²) < 4.78 is 0. The van der Waals surface area contributed by atoms with E-state index in [1.807, 2.05) is 36.4 Å². The first kappa shape index (κ1) is 27.8. The standard InChI is InChI=1S/C17H30N2.C14H14O/c1-3-8-15(9-4-2)16(10-5-6-13-18)14-19-17-11-7-12-17;1-11-9-12(10-15)7-8-14(11)13-5-3-2-4-6-13/h5-6,8,10,17,19H,3-4,7,9,11-14,18H2,1-2H3;2-9,15H,10H2,1H3/b6-5+,15-8-,16-10-;. The molecule has 3 heteroatoms. The zero-order valence-corrected chi connectivity index (χ0v) is 21.4. The van der Waals surface area contributed by atoms with Gasteiger partial charge in [0, 0.05) is 19.1 Å². The summed E-state index contributed by atoms with van der Waals surface area (Å²) in [5.41, 5.74) is 13.1. The van der Waals surface area contributed by atoms with Gasteiger partial charge < -0.3 is 16.2 Å². The molecule has 34 heavy (non-hydrogen) atoms. The molecule has 3 rings (SSSR count). The molecule has 0 amide bonds. The van der Waals surface area contributed by atoms with Gasteiger partial charge in [0.25, 0.3) is 0 Å². The van der Waals surface area contributed by atoms with Crippen molar-refractivity contribution in [1.29, 1.82) is 0 Å². The fraction of sp³-hybridized carbons (Fsp3) is 0.419. The van der Waals surface area contributed by atoms with E-state index in [1.165, 1.54) is 59.9 Å². The van der Waals surface area contributed by atoms with E-state index in [0.29, 0.717) is 6.54 Å². The van der Waals surface area contributed by atoms with Gasteiger partial charge in [-0.15, -0.1) is 0 Å². The molecule has 3 nitrogen and oxygen atoms in total. The van der Waals surface area contributed by atoms with E-state index >= 15 is 0 Å². The number of nitrogens with two attached hydrogens (primary N) is 1. The van der Waals surface area contributed by atoms with Crippen LogP contribution >= 0.6 is 0 Å². The molecule has 0 unspecified atom stereocenters. The van der Waals surface area contributed by atoms with Crippen molar-refractivity contribution in [3.8, 4) is 11.1 Å². The van der Waals surface area contributed by atoms with Gasteiger partial charge in [-0.3, -0.25) is 0 Å². The minimum atomic E-state index is 0.107. The van der Waals surface area contributed by atoms with Gasteiger partial charge in [-0.25, -0.2) is 0 Å². The molecule has 1 aliphatic rings. The molecule has 0 spiro atoms.